The topological polar surface area (TPSA) is 30.7 Å². The zero-order valence-corrected chi connectivity index (χ0v) is 12.5. The van der Waals surface area contributed by atoms with E-state index < -0.39 is 0 Å². The van der Waals surface area contributed by atoms with E-state index in [9.17, 15) is 0 Å². The molecule has 0 aromatic carbocycles. The van der Waals surface area contributed by atoms with E-state index in [2.05, 4.69) is 51.3 Å². The van der Waals surface area contributed by atoms with Crippen molar-refractivity contribution in [3.05, 3.63) is 46.0 Å². The monoisotopic (exact) mass is 289 g/mol. The molecule has 0 bridgehead atoms. The summed E-state index contributed by atoms with van der Waals surface area (Å²) in [6.45, 7) is 5.14. The number of rotatable bonds is 4. The van der Waals surface area contributed by atoms with Crippen LogP contribution in [-0.4, -0.2) is 14.5 Å². The Balaban J connectivity index is 1.85. The minimum Gasteiger partial charge on any atom is -0.324 e. The van der Waals surface area contributed by atoms with Crippen LogP contribution < -0.4 is 0 Å². The maximum Gasteiger partial charge on any atom is 0.150 e. The highest BCUT2D eigenvalue weighted by molar-refractivity contribution is 7.13. The molecule has 0 saturated carbocycles. The normalized spacial score (nSPS) is 11.3. The Kier molecular flexibility index (Phi) is 3.48. The maximum absolute atomic E-state index is 4.68. The zero-order valence-electron chi connectivity index (χ0n) is 10.9. The third-order valence-corrected chi connectivity index (χ3v) is 4.91. The average Bonchev–Trinajstić information content (AvgIpc) is 3.09. The third-order valence-electron chi connectivity index (χ3n) is 2.85. The second kappa shape index (κ2) is 5.27. The van der Waals surface area contributed by atoms with Crippen LogP contribution in [0.5, 0.6) is 0 Å². The molecule has 98 valence electrons. The van der Waals surface area contributed by atoms with Gasteiger partial charge < -0.3 is 4.57 Å². The van der Waals surface area contributed by atoms with Crippen LogP contribution in [0.3, 0.4) is 0 Å². The Morgan fingerprint density at radius 3 is 2.89 bits per heavy atom. The van der Waals surface area contributed by atoms with Gasteiger partial charge in [-0.2, -0.15) is 0 Å². The van der Waals surface area contributed by atoms with E-state index in [1.807, 2.05) is 12.4 Å². The molecule has 3 nitrogen and oxygen atoms in total. The molecule has 0 aliphatic heterocycles. The quantitative estimate of drug-likeness (QED) is 0.719. The largest absolute Gasteiger partial charge is 0.324 e. The van der Waals surface area contributed by atoms with Gasteiger partial charge in [-0.3, -0.25) is 0 Å². The van der Waals surface area contributed by atoms with E-state index in [-0.39, 0.29) is 0 Å². The minimum absolute atomic E-state index is 0.498. The van der Waals surface area contributed by atoms with E-state index in [1.165, 1.54) is 9.88 Å². The van der Waals surface area contributed by atoms with E-state index >= 15 is 0 Å². The molecule has 0 fully saturated rings. The Labute approximate surface area is 120 Å². The first-order valence-electron chi connectivity index (χ1n) is 6.23. The average molecular weight is 289 g/mol. The zero-order chi connectivity index (χ0) is 13.2. The van der Waals surface area contributed by atoms with Crippen molar-refractivity contribution in [2.24, 2.45) is 0 Å². The second-order valence-electron chi connectivity index (χ2n) is 4.69. The van der Waals surface area contributed by atoms with Crippen molar-refractivity contribution in [3.63, 3.8) is 0 Å². The van der Waals surface area contributed by atoms with Crippen LogP contribution in [0.2, 0.25) is 0 Å². The summed E-state index contributed by atoms with van der Waals surface area (Å²) in [5.74, 6) is 1.52. The van der Waals surface area contributed by atoms with Crippen molar-refractivity contribution in [2.75, 3.05) is 0 Å². The van der Waals surface area contributed by atoms with Gasteiger partial charge in [-0.15, -0.1) is 22.7 Å². The fourth-order valence-electron chi connectivity index (χ4n) is 1.90. The molecule has 0 radical (unpaired) electrons. The van der Waals surface area contributed by atoms with Crippen molar-refractivity contribution in [1.29, 1.82) is 0 Å². The smallest absolute Gasteiger partial charge is 0.150 e. The lowest BCUT2D eigenvalue weighted by atomic mass is 10.2. The molecule has 0 unspecified atom stereocenters. The van der Waals surface area contributed by atoms with Gasteiger partial charge in [-0.1, -0.05) is 19.9 Å². The van der Waals surface area contributed by atoms with Crippen molar-refractivity contribution >= 4 is 22.7 Å². The van der Waals surface area contributed by atoms with Gasteiger partial charge in [0.1, 0.15) is 5.82 Å². The first kappa shape index (κ1) is 12.6. The SMILES string of the molecule is CC(C)c1nc(Cn2ccnc2-c2cccs2)cs1. The number of hydrogen-bond acceptors (Lipinski definition) is 4. The molecule has 0 spiro atoms. The molecule has 0 amide bonds. The molecule has 0 aliphatic carbocycles. The van der Waals surface area contributed by atoms with E-state index in [1.54, 1.807) is 22.7 Å². The highest BCUT2D eigenvalue weighted by atomic mass is 32.1. The van der Waals surface area contributed by atoms with Crippen LogP contribution in [-0.2, 0) is 6.54 Å². The summed E-state index contributed by atoms with van der Waals surface area (Å²) in [6, 6.07) is 4.16. The molecule has 0 aliphatic rings. The summed E-state index contributed by atoms with van der Waals surface area (Å²) < 4.78 is 2.16. The molecule has 19 heavy (non-hydrogen) atoms. The van der Waals surface area contributed by atoms with E-state index in [0.717, 1.165) is 18.1 Å². The number of hydrogen-bond donors (Lipinski definition) is 0. The molecule has 0 N–H and O–H groups in total. The summed E-state index contributed by atoms with van der Waals surface area (Å²) in [5.41, 5.74) is 1.12. The Morgan fingerprint density at radius 2 is 2.21 bits per heavy atom. The van der Waals surface area contributed by atoms with E-state index in [4.69, 9.17) is 0 Å². The molecular formula is C14H15N3S2. The molecule has 0 atom stereocenters. The van der Waals surface area contributed by atoms with Crippen LogP contribution >= 0.6 is 22.7 Å². The third kappa shape index (κ3) is 2.62. The van der Waals surface area contributed by atoms with Crippen LogP contribution in [0, 0.1) is 0 Å². The molecule has 5 heteroatoms. The van der Waals surface area contributed by atoms with Gasteiger partial charge in [-0.25, -0.2) is 9.97 Å². The molecule has 3 heterocycles. The van der Waals surface area contributed by atoms with Gasteiger partial charge >= 0.3 is 0 Å². The lowest BCUT2D eigenvalue weighted by Crippen LogP contribution is -2.01. The highest BCUT2D eigenvalue weighted by Crippen LogP contribution is 2.24. The minimum atomic E-state index is 0.498. The fourth-order valence-corrected chi connectivity index (χ4v) is 3.47. The van der Waals surface area contributed by atoms with Gasteiger partial charge in [0.25, 0.3) is 0 Å². The lowest BCUT2D eigenvalue weighted by molar-refractivity contribution is 0.770. The molecule has 3 rings (SSSR count). The highest BCUT2D eigenvalue weighted by Gasteiger charge is 2.10. The van der Waals surface area contributed by atoms with Gasteiger partial charge in [0.15, 0.2) is 0 Å². The number of thiazole rings is 1. The van der Waals surface area contributed by atoms with Gasteiger partial charge in [0, 0.05) is 23.7 Å². The summed E-state index contributed by atoms with van der Waals surface area (Å²) >= 11 is 3.45. The van der Waals surface area contributed by atoms with Crippen molar-refractivity contribution in [1.82, 2.24) is 14.5 Å². The summed E-state index contributed by atoms with van der Waals surface area (Å²) in [6.07, 6.45) is 3.87. The first-order valence-corrected chi connectivity index (χ1v) is 7.99. The summed E-state index contributed by atoms with van der Waals surface area (Å²) in [5, 5.41) is 5.43. The molecular weight excluding hydrogens is 274 g/mol. The predicted octanol–water partition coefficient (Wildman–Crippen LogP) is 4.24. The van der Waals surface area contributed by atoms with Crippen molar-refractivity contribution in [3.8, 4) is 10.7 Å². The van der Waals surface area contributed by atoms with Gasteiger partial charge in [0.05, 0.1) is 22.1 Å². The standard InChI is InChI=1S/C14H15N3S2/c1-10(2)14-16-11(9-19-14)8-17-6-5-15-13(17)12-4-3-7-18-12/h3-7,9-10H,8H2,1-2H3. The second-order valence-corrected chi connectivity index (χ2v) is 6.53. The van der Waals surface area contributed by atoms with Gasteiger partial charge in [0.2, 0.25) is 0 Å². The van der Waals surface area contributed by atoms with Crippen LogP contribution in [0.1, 0.15) is 30.5 Å². The first-order chi connectivity index (χ1) is 9.24. The Hall–Kier alpha value is -1.46. The maximum atomic E-state index is 4.68. The summed E-state index contributed by atoms with van der Waals surface area (Å²) in [7, 11) is 0. The van der Waals surface area contributed by atoms with Crippen molar-refractivity contribution in [2.45, 2.75) is 26.3 Å². The molecule has 0 saturated heterocycles. The van der Waals surface area contributed by atoms with Crippen LogP contribution in [0.25, 0.3) is 10.7 Å². The predicted molar refractivity (Wildman–Crippen MR) is 80.8 cm³/mol. The number of aromatic nitrogens is 3. The number of nitrogens with zero attached hydrogens (tertiary/aromatic N) is 3. The Bertz CT molecular complexity index is 650. The number of imidazole rings is 1. The van der Waals surface area contributed by atoms with Gasteiger partial charge in [-0.05, 0) is 11.4 Å². The molecule has 3 aromatic heterocycles. The van der Waals surface area contributed by atoms with Crippen LogP contribution in [0.4, 0.5) is 0 Å². The van der Waals surface area contributed by atoms with E-state index in [0.29, 0.717) is 5.92 Å². The Morgan fingerprint density at radius 1 is 1.32 bits per heavy atom. The molecule has 3 aromatic rings. The summed E-state index contributed by atoms with van der Waals surface area (Å²) in [4.78, 5) is 10.3. The van der Waals surface area contributed by atoms with Crippen LogP contribution in [0.15, 0.2) is 35.3 Å². The van der Waals surface area contributed by atoms with Crippen molar-refractivity contribution < 1.29 is 0 Å². The fraction of sp³-hybridized carbons (Fsp3) is 0.286. The number of thiophene rings is 1. The lowest BCUT2D eigenvalue weighted by Gasteiger charge is -2.04.